The molecule has 0 aliphatic carbocycles. The summed E-state index contributed by atoms with van der Waals surface area (Å²) in [6.07, 6.45) is 0. The van der Waals surface area contributed by atoms with Crippen LogP contribution in [-0.4, -0.2) is 24.6 Å². The van der Waals surface area contributed by atoms with Crippen molar-refractivity contribution < 1.29 is 14.3 Å². The molecule has 0 aliphatic heterocycles. The van der Waals surface area contributed by atoms with Crippen molar-refractivity contribution in [3.05, 3.63) is 53.1 Å². The van der Waals surface area contributed by atoms with Gasteiger partial charge in [-0.25, -0.2) is 4.79 Å². The smallest absolute Gasteiger partial charge is 0.319 e. The van der Waals surface area contributed by atoms with Crippen LogP contribution in [0.15, 0.2) is 36.4 Å². The fourth-order valence-electron chi connectivity index (χ4n) is 2.83. The van der Waals surface area contributed by atoms with Gasteiger partial charge in [0.05, 0.1) is 0 Å². The second kappa shape index (κ2) is 9.07. The summed E-state index contributed by atoms with van der Waals surface area (Å²) in [5.74, 6) is 0.467. The van der Waals surface area contributed by atoms with Crippen molar-refractivity contribution in [2.45, 2.75) is 40.7 Å². The van der Waals surface area contributed by atoms with Crippen molar-refractivity contribution in [2.75, 3.05) is 17.2 Å². The number of amides is 3. The molecule has 2 aromatic rings. The molecule has 0 radical (unpaired) electrons. The zero-order valence-corrected chi connectivity index (χ0v) is 16.5. The highest BCUT2D eigenvalue weighted by atomic mass is 16.5. The van der Waals surface area contributed by atoms with Crippen molar-refractivity contribution in [1.29, 1.82) is 0 Å². The second-order valence-corrected chi connectivity index (χ2v) is 6.90. The van der Waals surface area contributed by atoms with Crippen molar-refractivity contribution >= 4 is 23.3 Å². The summed E-state index contributed by atoms with van der Waals surface area (Å²) < 4.78 is 5.70. The summed E-state index contributed by atoms with van der Waals surface area (Å²) in [7, 11) is 0. The van der Waals surface area contributed by atoms with Gasteiger partial charge in [-0.05, 0) is 63.9 Å². The molecule has 3 amide bonds. The van der Waals surface area contributed by atoms with E-state index >= 15 is 0 Å². The van der Waals surface area contributed by atoms with Gasteiger partial charge in [0.15, 0.2) is 6.61 Å². The van der Waals surface area contributed by atoms with E-state index in [-0.39, 0.29) is 24.6 Å². The Morgan fingerprint density at radius 1 is 0.963 bits per heavy atom. The molecule has 144 valence electrons. The maximum absolute atomic E-state index is 12.2. The van der Waals surface area contributed by atoms with Crippen LogP contribution in [0.4, 0.5) is 16.2 Å². The van der Waals surface area contributed by atoms with Crippen LogP contribution in [0.1, 0.15) is 30.5 Å². The van der Waals surface area contributed by atoms with Gasteiger partial charge in [0, 0.05) is 17.4 Å². The maximum atomic E-state index is 12.2. The molecule has 2 rings (SSSR count). The molecule has 0 aliphatic rings. The van der Waals surface area contributed by atoms with Gasteiger partial charge in [0.2, 0.25) is 0 Å². The number of benzene rings is 2. The summed E-state index contributed by atoms with van der Waals surface area (Å²) >= 11 is 0. The molecule has 0 heterocycles. The number of hydrogen-bond acceptors (Lipinski definition) is 3. The number of aryl methyl sites for hydroxylation is 3. The summed E-state index contributed by atoms with van der Waals surface area (Å²) in [5, 5.41) is 8.26. The number of urea groups is 1. The first-order chi connectivity index (χ1) is 12.7. The third-order valence-corrected chi connectivity index (χ3v) is 3.78. The van der Waals surface area contributed by atoms with E-state index in [2.05, 4.69) is 16.0 Å². The molecule has 0 atom stereocenters. The Hall–Kier alpha value is -3.02. The highest BCUT2D eigenvalue weighted by Crippen LogP contribution is 2.24. The van der Waals surface area contributed by atoms with Crippen LogP contribution >= 0.6 is 0 Å². The molecule has 0 saturated heterocycles. The van der Waals surface area contributed by atoms with Gasteiger partial charge in [0.1, 0.15) is 5.75 Å². The van der Waals surface area contributed by atoms with Crippen LogP contribution in [0.3, 0.4) is 0 Å². The third-order valence-electron chi connectivity index (χ3n) is 3.78. The standard InChI is InChI=1S/C21H27N3O3/c1-13(2)22-21(26)24-18-8-6-7-17(11-18)23-19(25)12-27-20-15(4)9-14(3)10-16(20)5/h6-11,13H,12H2,1-5H3,(H,23,25)(H2,22,24,26). The van der Waals surface area contributed by atoms with Crippen LogP contribution in [0.5, 0.6) is 5.75 Å². The number of ether oxygens (including phenoxy) is 1. The zero-order valence-electron chi connectivity index (χ0n) is 16.5. The van der Waals surface area contributed by atoms with Crippen LogP contribution in [-0.2, 0) is 4.79 Å². The lowest BCUT2D eigenvalue weighted by Crippen LogP contribution is -2.34. The Labute approximate surface area is 160 Å². The second-order valence-electron chi connectivity index (χ2n) is 6.90. The largest absolute Gasteiger partial charge is 0.483 e. The van der Waals surface area contributed by atoms with E-state index in [0.29, 0.717) is 11.4 Å². The number of rotatable bonds is 6. The Bertz CT molecular complexity index is 808. The van der Waals surface area contributed by atoms with Crippen molar-refractivity contribution in [2.24, 2.45) is 0 Å². The highest BCUT2D eigenvalue weighted by Gasteiger charge is 2.10. The molecular formula is C21H27N3O3. The third kappa shape index (κ3) is 6.33. The number of nitrogens with one attached hydrogen (secondary N) is 3. The first-order valence-electron chi connectivity index (χ1n) is 8.92. The molecule has 0 aromatic heterocycles. The lowest BCUT2D eigenvalue weighted by Gasteiger charge is -2.14. The molecule has 0 bridgehead atoms. The monoisotopic (exact) mass is 369 g/mol. The van der Waals surface area contributed by atoms with Gasteiger partial charge >= 0.3 is 6.03 Å². The number of carbonyl (C=O) groups is 2. The predicted octanol–water partition coefficient (Wildman–Crippen LogP) is 4.16. The Morgan fingerprint density at radius 3 is 2.15 bits per heavy atom. The Kier molecular flexibility index (Phi) is 6.82. The van der Waals surface area contributed by atoms with Gasteiger partial charge in [-0.1, -0.05) is 23.8 Å². The molecule has 6 heteroatoms. The fraction of sp³-hybridized carbons (Fsp3) is 0.333. The summed E-state index contributed by atoms with van der Waals surface area (Å²) in [5.41, 5.74) is 4.35. The van der Waals surface area contributed by atoms with Gasteiger partial charge in [-0.15, -0.1) is 0 Å². The quantitative estimate of drug-likeness (QED) is 0.715. The molecule has 6 nitrogen and oxygen atoms in total. The predicted molar refractivity (Wildman–Crippen MR) is 109 cm³/mol. The number of hydrogen-bond donors (Lipinski definition) is 3. The minimum atomic E-state index is -0.290. The van der Waals surface area contributed by atoms with Crippen LogP contribution in [0.2, 0.25) is 0 Å². The topological polar surface area (TPSA) is 79.5 Å². The molecule has 2 aromatic carbocycles. The van der Waals surface area contributed by atoms with Gasteiger partial charge in [0.25, 0.3) is 5.91 Å². The normalized spacial score (nSPS) is 10.4. The van der Waals surface area contributed by atoms with Crippen molar-refractivity contribution in [3.63, 3.8) is 0 Å². The van der Waals surface area contributed by atoms with Gasteiger partial charge < -0.3 is 20.7 Å². The lowest BCUT2D eigenvalue weighted by molar-refractivity contribution is -0.118. The minimum absolute atomic E-state index is 0.0405. The number of carbonyl (C=O) groups excluding carboxylic acids is 2. The zero-order chi connectivity index (χ0) is 20.0. The van der Waals surface area contributed by atoms with E-state index in [0.717, 1.165) is 22.4 Å². The first kappa shape index (κ1) is 20.3. The molecule has 0 spiro atoms. The van der Waals surface area contributed by atoms with Gasteiger partial charge in [-0.3, -0.25) is 4.79 Å². The van der Waals surface area contributed by atoms with Crippen molar-refractivity contribution in [1.82, 2.24) is 5.32 Å². The van der Waals surface area contributed by atoms with Crippen molar-refractivity contribution in [3.8, 4) is 5.75 Å². The van der Waals surface area contributed by atoms with E-state index in [9.17, 15) is 9.59 Å². The summed E-state index contributed by atoms with van der Waals surface area (Å²) in [4.78, 5) is 24.0. The molecule has 27 heavy (non-hydrogen) atoms. The lowest BCUT2D eigenvalue weighted by atomic mass is 10.1. The number of anilines is 2. The Morgan fingerprint density at radius 2 is 1.56 bits per heavy atom. The molecular weight excluding hydrogens is 342 g/mol. The maximum Gasteiger partial charge on any atom is 0.319 e. The van der Waals surface area contributed by atoms with E-state index < -0.39 is 0 Å². The van der Waals surface area contributed by atoms with E-state index in [1.165, 1.54) is 0 Å². The average Bonchev–Trinajstić information content (AvgIpc) is 2.53. The van der Waals surface area contributed by atoms with E-state index in [1.54, 1.807) is 24.3 Å². The van der Waals surface area contributed by atoms with Crippen LogP contribution in [0.25, 0.3) is 0 Å². The SMILES string of the molecule is Cc1cc(C)c(OCC(=O)Nc2cccc(NC(=O)NC(C)C)c2)c(C)c1. The van der Waals surface area contributed by atoms with Crippen LogP contribution in [0, 0.1) is 20.8 Å². The Balaban J connectivity index is 1.94. The fourth-order valence-corrected chi connectivity index (χ4v) is 2.83. The molecule has 3 N–H and O–H groups in total. The van der Waals surface area contributed by atoms with E-state index in [4.69, 9.17) is 4.74 Å². The first-order valence-corrected chi connectivity index (χ1v) is 8.92. The minimum Gasteiger partial charge on any atom is -0.483 e. The van der Waals surface area contributed by atoms with E-state index in [1.807, 2.05) is 46.8 Å². The molecule has 0 saturated carbocycles. The highest BCUT2D eigenvalue weighted by molar-refractivity contribution is 5.94. The molecule has 0 unspecified atom stereocenters. The van der Waals surface area contributed by atoms with Gasteiger partial charge in [-0.2, -0.15) is 0 Å². The summed E-state index contributed by atoms with van der Waals surface area (Å²) in [6.45, 7) is 9.63. The molecule has 0 fully saturated rings. The van der Waals surface area contributed by atoms with Crippen LogP contribution < -0.4 is 20.7 Å². The average molecular weight is 369 g/mol. The summed E-state index contributed by atoms with van der Waals surface area (Å²) in [6, 6.07) is 10.8.